The van der Waals surface area contributed by atoms with Crippen molar-refractivity contribution < 1.29 is 17.9 Å². The van der Waals surface area contributed by atoms with Crippen LogP contribution in [0.1, 0.15) is 19.8 Å². The van der Waals surface area contributed by atoms with Crippen LogP contribution in [-0.4, -0.2) is 26.2 Å². The van der Waals surface area contributed by atoms with Gasteiger partial charge in [0.2, 0.25) is 0 Å². The van der Waals surface area contributed by atoms with E-state index in [2.05, 4.69) is 0 Å². The van der Waals surface area contributed by atoms with Crippen LogP contribution in [0.4, 0.5) is 10.1 Å². The third kappa shape index (κ3) is 4.64. The van der Waals surface area contributed by atoms with E-state index in [0.29, 0.717) is 17.9 Å². The van der Waals surface area contributed by atoms with Crippen LogP contribution in [0.3, 0.4) is 0 Å². The molecule has 1 N–H and O–H groups in total. The minimum atomic E-state index is -4.05. The van der Waals surface area contributed by atoms with Gasteiger partial charge in [-0.15, -0.1) is 0 Å². The monoisotopic (exact) mass is 405 g/mol. The molecule has 4 nitrogen and oxygen atoms in total. The summed E-state index contributed by atoms with van der Waals surface area (Å²) in [6, 6.07) is 8.82. The summed E-state index contributed by atoms with van der Waals surface area (Å²) < 4.78 is 41.6. The van der Waals surface area contributed by atoms with Crippen molar-refractivity contribution in [2.45, 2.75) is 30.7 Å². The van der Waals surface area contributed by atoms with E-state index >= 15 is 0 Å². The van der Waals surface area contributed by atoms with Crippen molar-refractivity contribution in [3.63, 3.8) is 0 Å². The topological polar surface area (TPSA) is 57.6 Å². The maximum atomic E-state index is 14.4. The van der Waals surface area contributed by atoms with E-state index in [1.807, 2.05) is 0 Å². The fourth-order valence-electron chi connectivity index (χ4n) is 2.48. The first-order chi connectivity index (χ1) is 11.8. The Hall–Kier alpha value is -1.34. The van der Waals surface area contributed by atoms with Crippen LogP contribution in [0.2, 0.25) is 10.0 Å². The summed E-state index contributed by atoms with van der Waals surface area (Å²) in [5.41, 5.74) is -0.132. The standard InChI is InChI=1S/C17H18Cl2FNO3S/c1-12(3-2-10-22)21(17-11-14(19)6-9-16(17)20)25(23,24)15-7-4-13(18)5-8-15/h4-9,11-12,22H,2-3,10H2,1H3. The van der Waals surface area contributed by atoms with Gasteiger partial charge in [0.15, 0.2) is 0 Å². The summed E-state index contributed by atoms with van der Waals surface area (Å²) in [4.78, 5) is -0.00729. The van der Waals surface area contributed by atoms with Crippen molar-refractivity contribution in [2.75, 3.05) is 10.9 Å². The molecular weight excluding hydrogens is 388 g/mol. The number of aliphatic hydroxyl groups excluding tert-OH is 1. The number of halogens is 3. The second-order valence-electron chi connectivity index (χ2n) is 5.57. The smallest absolute Gasteiger partial charge is 0.264 e. The van der Waals surface area contributed by atoms with Gasteiger partial charge in [-0.25, -0.2) is 12.8 Å². The van der Waals surface area contributed by atoms with Gasteiger partial charge < -0.3 is 5.11 Å². The number of benzene rings is 2. The first-order valence-electron chi connectivity index (χ1n) is 7.63. The fourth-order valence-corrected chi connectivity index (χ4v) is 4.46. The highest BCUT2D eigenvalue weighted by atomic mass is 35.5. The number of sulfonamides is 1. The highest BCUT2D eigenvalue weighted by molar-refractivity contribution is 7.92. The van der Waals surface area contributed by atoms with Crippen molar-refractivity contribution in [3.05, 3.63) is 58.3 Å². The molecule has 2 rings (SSSR count). The molecule has 0 amide bonds. The molecule has 0 radical (unpaired) electrons. The van der Waals surface area contributed by atoms with Gasteiger partial charge in [0.25, 0.3) is 10.0 Å². The lowest BCUT2D eigenvalue weighted by atomic mass is 10.1. The molecule has 1 unspecified atom stereocenters. The zero-order chi connectivity index (χ0) is 18.6. The summed E-state index contributed by atoms with van der Waals surface area (Å²) in [5, 5.41) is 9.66. The molecule has 0 saturated heterocycles. The van der Waals surface area contributed by atoms with Gasteiger partial charge in [-0.1, -0.05) is 23.2 Å². The van der Waals surface area contributed by atoms with Crippen LogP contribution in [0.5, 0.6) is 0 Å². The van der Waals surface area contributed by atoms with Gasteiger partial charge in [0.1, 0.15) is 5.82 Å². The van der Waals surface area contributed by atoms with Gasteiger partial charge in [0, 0.05) is 22.7 Å². The Morgan fingerprint density at radius 1 is 1.12 bits per heavy atom. The van der Waals surface area contributed by atoms with E-state index in [-0.39, 0.29) is 22.2 Å². The zero-order valence-electron chi connectivity index (χ0n) is 13.5. The van der Waals surface area contributed by atoms with E-state index in [4.69, 9.17) is 28.3 Å². The molecule has 0 aliphatic carbocycles. The number of rotatable bonds is 7. The number of anilines is 1. The SMILES string of the molecule is CC(CCCO)N(c1cc(Cl)ccc1F)S(=O)(=O)c1ccc(Cl)cc1. The summed E-state index contributed by atoms with van der Waals surface area (Å²) in [5.74, 6) is -0.696. The summed E-state index contributed by atoms with van der Waals surface area (Å²) in [7, 11) is -4.05. The van der Waals surface area contributed by atoms with Gasteiger partial charge in [-0.2, -0.15) is 0 Å². The lowest BCUT2D eigenvalue weighted by Gasteiger charge is -2.31. The highest BCUT2D eigenvalue weighted by Crippen LogP contribution is 2.32. The van der Waals surface area contributed by atoms with E-state index < -0.39 is 21.9 Å². The summed E-state index contributed by atoms with van der Waals surface area (Å²) in [6.45, 7) is 1.57. The molecule has 1 atom stereocenters. The number of hydrogen-bond acceptors (Lipinski definition) is 3. The highest BCUT2D eigenvalue weighted by Gasteiger charge is 2.31. The molecule has 0 heterocycles. The van der Waals surface area contributed by atoms with Gasteiger partial charge in [0.05, 0.1) is 10.6 Å². The quantitative estimate of drug-likeness (QED) is 0.737. The first-order valence-corrected chi connectivity index (χ1v) is 9.83. The average molecular weight is 406 g/mol. The summed E-state index contributed by atoms with van der Waals surface area (Å²) >= 11 is 11.8. The molecule has 2 aromatic rings. The maximum Gasteiger partial charge on any atom is 0.264 e. The predicted octanol–water partition coefficient (Wildman–Crippen LogP) is 4.49. The Bertz CT molecular complexity index is 828. The largest absolute Gasteiger partial charge is 0.396 e. The number of aliphatic hydroxyl groups is 1. The van der Waals surface area contributed by atoms with Crippen LogP contribution >= 0.6 is 23.2 Å². The van der Waals surface area contributed by atoms with E-state index in [0.717, 1.165) is 10.4 Å². The van der Waals surface area contributed by atoms with E-state index in [9.17, 15) is 12.8 Å². The number of nitrogens with zero attached hydrogens (tertiary/aromatic N) is 1. The van der Waals surface area contributed by atoms with Crippen LogP contribution in [0, 0.1) is 5.82 Å². The third-order valence-corrected chi connectivity index (χ3v) is 6.13. The molecule has 0 fully saturated rings. The van der Waals surface area contributed by atoms with Crippen molar-refractivity contribution >= 4 is 38.9 Å². The molecule has 8 heteroatoms. The molecule has 0 aliphatic rings. The minimum Gasteiger partial charge on any atom is -0.396 e. The second-order valence-corrected chi connectivity index (χ2v) is 8.25. The van der Waals surface area contributed by atoms with Gasteiger partial charge >= 0.3 is 0 Å². The number of hydrogen-bond donors (Lipinski definition) is 1. The second kappa shape index (κ2) is 8.36. The molecule has 0 saturated carbocycles. The Morgan fingerprint density at radius 2 is 1.72 bits per heavy atom. The van der Waals surface area contributed by atoms with Crippen molar-refractivity contribution in [1.29, 1.82) is 0 Å². The molecule has 0 aliphatic heterocycles. The lowest BCUT2D eigenvalue weighted by molar-refractivity contribution is 0.281. The molecule has 0 aromatic heterocycles. The Kier molecular flexibility index (Phi) is 6.68. The fraction of sp³-hybridized carbons (Fsp3) is 0.294. The first kappa shape index (κ1) is 20.0. The van der Waals surface area contributed by atoms with Crippen molar-refractivity contribution in [3.8, 4) is 0 Å². The van der Waals surface area contributed by atoms with Gasteiger partial charge in [-0.05, 0) is 62.2 Å². The van der Waals surface area contributed by atoms with Crippen molar-refractivity contribution in [2.24, 2.45) is 0 Å². The average Bonchev–Trinajstić information content (AvgIpc) is 2.56. The maximum absolute atomic E-state index is 14.4. The summed E-state index contributed by atoms with van der Waals surface area (Å²) in [6.07, 6.45) is 0.741. The Labute approximate surface area is 156 Å². The van der Waals surface area contributed by atoms with Gasteiger partial charge in [-0.3, -0.25) is 4.31 Å². The van der Waals surface area contributed by atoms with Crippen LogP contribution in [0.15, 0.2) is 47.4 Å². The third-order valence-electron chi connectivity index (χ3n) is 3.70. The Balaban J connectivity index is 2.57. The molecule has 0 bridgehead atoms. The van der Waals surface area contributed by atoms with E-state index in [1.165, 1.54) is 36.4 Å². The van der Waals surface area contributed by atoms with E-state index in [1.54, 1.807) is 6.92 Å². The lowest BCUT2D eigenvalue weighted by Crippen LogP contribution is -2.39. The zero-order valence-corrected chi connectivity index (χ0v) is 15.8. The normalized spacial score (nSPS) is 12.8. The molecular formula is C17H18Cl2FNO3S. The Morgan fingerprint density at radius 3 is 2.32 bits per heavy atom. The minimum absolute atomic E-state index is 0.00729. The van der Waals surface area contributed by atoms with Crippen molar-refractivity contribution in [1.82, 2.24) is 0 Å². The van der Waals surface area contributed by atoms with Crippen LogP contribution in [-0.2, 0) is 10.0 Å². The predicted molar refractivity (Wildman–Crippen MR) is 98.3 cm³/mol. The van der Waals surface area contributed by atoms with Crippen LogP contribution < -0.4 is 4.31 Å². The molecule has 2 aromatic carbocycles. The van der Waals surface area contributed by atoms with Crippen LogP contribution in [0.25, 0.3) is 0 Å². The molecule has 136 valence electrons. The molecule has 0 spiro atoms. The molecule has 25 heavy (non-hydrogen) atoms.